The molecular weight excluding hydrogens is 267 g/mol. The Hall–Kier alpha value is -1.27. The van der Waals surface area contributed by atoms with Gasteiger partial charge in [-0.1, -0.05) is 11.6 Å². The highest BCUT2D eigenvalue weighted by Crippen LogP contribution is 2.33. The number of fused-ring (bicyclic) bond motifs is 1. The number of carbonyl (C=O) groups excluding carboxylic acids is 2. The highest BCUT2D eigenvalue weighted by Gasteiger charge is 2.17. The fraction of sp³-hybridized carbons (Fsp3) is 0.200. The fourth-order valence-electron chi connectivity index (χ4n) is 1.35. The molecule has 1 aromatic rings. The van der Waals surface area contributed by atoms with Crippen LogP contribution < -0.4 is 10.6 Å². The van der Waals surface area contributed by atoms with Gasteiger partial charge in [0.05, 0.1) is 11.4 Å². The summed E-state index contributed by atoms with van der Waals surface area (Å²) in [7, 11) is 0. The van der Waals surface area contributed by atoms with Crippen molar-refractivity contribution in [3.05, 3.63) is 18.2 Å². The van der Waals surface area contributed by atoms with Gasteiger partial charge in [-0.05, 0) is 18.2 Å². The normalized spacial score (nSPS) is 15.8. The summed E-state index contributed by atoms with van der Waals surface area (Å²) in [6.07, 6.45) is 0. The van der Waals surface area contributed by atoms with E-state index in [1.807, 2.05) is 0 Å². The summed E-state index contributed by atoms with van der Waals surface area (Å²) in [4.78, 5) is 23.0. The van der Waals surface area contributed by atoms with Crippen molar-refractivity contribution < 1.29 is 14.0 Å². The van der Waals surface area contributed by atoms with E-state index in [1.165, 1.54) is 11.8 Å². The van der Waals surface area contributed by atoms with Crippen LogP contribution in [0, 0.1) is 0 Å². The molecule has 90 valence electrons. The zero-order valence-electron chi connectivity index (χ0n) is 8.50. The van der Waals surface area contributed by atoms with Gasteiger partial charge >= 0.3 is 0 Å². The molecule has 1 aromatic carbocycles. The van der Waals surface area contributed by atoms with E-state index >= 15 is 0 Å². The number of hydrogen-bond donors (Lipinski definition) is 2. The van der Waals surface area contributed by atoms with Crippen molar-refractivity contribution >= 4 is 46.6 Å². The Balaban J connectivity index is 2.17. The second kappa shape index (κ2) is 4.93. The van der Waals surface area contributed by atoms with Crippen LogP contribution in [0.15, 0.2) is 23.1 Å². The molecule has 1 aliphatic rings. The van der Waals surface area contributed by atoms with Crippen molar-refractivity contribution in [1.82, 2.24) is 0 Å². The number of alkyl halides is 2. The van der Waals surface area contributed by atoms with Crippen LogP contribution in [0.3, 0.4) is 0 Å². The van der Waals surface area contributed by atoms with E-state index in [0.29, 0.717) is 17.1 Å². The molecule has 0 spiro atoms. The van der Waals surface area contributed by atoms with Crippen LogP contribution in [0.5, 0.6) is 0 Å². The number of amides is 2. The maximum Gasteiger partial charge on any atom is 0.274 e. The third-order valence-corrected chi connectivity index (χ3v) is 3.33. The molecule has 7 heteroatoms. The first-order valence-electron chi connectivity index (χ1n) is 4.72. The molecule has 2 N–H and O–H groups in total. The van der Waals surface area contributed by atoms with Crippen molar-refractivity contribution in [2.45, 2.75) is 10.5 Å². The Bertz CT molecular complexity index is 481. The van der Waals surface area contributed by atoms with E-state index in [-0.39, 0.29) is 5.91 Å². The lowest BCUT2D eigenvalue weighted by molar-refractivity contribution is -0.118. The first-order chi connectivity index (χ1) is 8.06. The molecule has 0 bridgehead atoms. The number of thioether (sulfide) groups is 1. The summed E-state index contributed by atoms with van der Waals surface area (Å²) < 4.78 is 12.5. The Morgan fingerprint density at radius 3 is 3.06 bits per heavy atom. The van der Waals surface area contributed by atoms with E-state index in [2.05, 4.69) is 10.6 Å². The maximum absolute atomic E-state index is 12.5. The molecule has 2 rings (SSSR count). The summed E-state index contributed by atoms with van der Waals surface area (Å²) in [6.45, 7) is 0. The Kier molecular flexibility index (Phi) is 3.54. The van der Waals surface area contributed by atoms with Gasteiger partial charge in [0, 0.05) is 10.6 Å². The molecule has 1 unspecified atom stereocenters. The minimum absolute atomic E-state index is 0.0659. The maximum atomic E-state index is 12.5. The number of halogens is 2. The van der Waals surface area contributed by atoms with Crippen LogP contribution in [-0.2, 0) is 9.59 Å². The largest absolute Gasteiger partial charge is 0.324 e. The van der Waals surface area contributed by atoms with Crippen molar-refractivity contribution in [2.75, 3.05) is 16.4 Å². The van der Waals surface area contributed by atoms with Crippen molar-refractivity contribution in [2.24, 2.45) is 0 Å². The average Bonchev–Trinajstić information content (AvgIpc) is 2.29. The number of benzene rings is 1. The van der Waals surface area contributed by atoms with Gasteiger partial charge in [-0.3, -0.25) is 9.59 Å². The van der Waals surface area contributed by atoms with Crippen molar-refractivity contribution in [3.8, 4) is 0 Å². The molecular formula is C10H8ClFN2O2S. The molecule has 0 saturated heterocycles. The number of hydrogen-bond acceptors (Lipinski definition) is 3. The van der Waals surface area contributed by atoms with Gasteiger partial charge in [-0.15, -0.1) is 11.8 Å². The number of carbonyl (C=O) groups is 2. The predicted molar refractivity (Wildman–Crippen MR) is 65.2 cm³/mol. The van der Waals surface area contributed by atoms with Crippen LogP contribution in [0.2, 0.25) is 0 Å². The molecule has 0 radical (unpaired) electrons. The fourth-order valence-corrected chi connectivity index (χ4v) is 2.25. The molecule has 1 aliphatic heterocycles. The van der Waals surface area contributed by atoms with E-state index in [9.17, 15) is 14.0 Å². The lowest BCUT2D eigenvalue weighted by atomic mass is 10.2. The highest BCUT2D eigenvalue weighted by atomic mass is 35.5. The Morgan fingerprint density at radius 2 is 2.35 bits per heavy atom. The first kappa shape index (κ1) is 12.2. The average molecular weight is 275 g/mol. The van der Waals surface area contributed by atoms with E-state index in [0.717, 1.165) is 4.90 Å². The topological polar surface area (TPSA) is 58.2 Å². The van der Waals surface area contributed by atoms with Crippen LogP contribution in [0.4, 0.5) is 15.8 Å². The van der Waals surface area contributed by atoms with Crippen LogP contribution in [-0.4, -0.2) is 23.2 Å². The van der Waals surface area contributed by atoms with Gasteiger partial charge < -0.3 is 10.6 Å². The predicted octanol–water partition coefficient (Wildman–Crippen LogP) is 2.20. The second-order valence-electron chi connectivity index (χ2n) is 3.34. The summed E-state index contributed by atoms with van der Waals surface area (Å²) in [5, 5.41) is 5.02. The van der Waals surface area contributed by atoms with Gasteiger partial charge in [0.2, 0.25) is 5.91 Å². The molecule has 2 amide bonds. The van der Waals surface area contributed by atoms with Gasteiger partial charge in [-0.25, -0.2) is 4.39 Å². The summed E-state index contributed by atoms with van der Waals surface area (Å²) in [5.41, 5.74) is -0.939. The number of anilines is 2. The summed E-state index contributed by atoms with van der Waals surface area (Å²) in [6, 6.07) is 4.88. The lowest BCUT2D eigenvalue weighted by Gasteiger charge is -2.17. The SMILES string of the molecule is O=C1CSc2cc(NC(=O)C(F)Cl)ccc2N1. The Labute approximate surface area is 106 Å². The van der Waals surface area contributed by atoms with Gasteiger partial charge in [0.15, 0.2) is 0 Å². The molecule has 1 atom stereocenters. The molecule has 1 heterocycles. The lowest BCUT2D eigenvalue weighted by Crippen LogP contribution is -2.21. The van der Waals surface area contributed by atoms with Crippen LogP contribution in [0.25, 0.3) is 0 Å². The van der Waals surface area contributed by atoms with Gasteiger partial charge in [-0.2, -0.15) is 0 Å². The molecule has 0 saturated carbocycles. The smallest absolute Gasteiger partial charge is 0.274 e. The minimum atomic E-state index is -2.07. The molecule has 0 aromatic heterocycles. The molecule has 4 nitrogen and oxygen atoms in total. The minimum Gasteiger partial charge on any atom is -0.324 e. The quantitative estimate of drug-likeness (QED) is 0.813. The van der Waals surface area contributed by atoms with Crippen molar-refractivity contribution in [3.63, 3.8) is 0 Å². The zero-order valence-corrected chi connectivity index (χ0v) is 10.1. The summed E-state index contributed by atoms with van der Waals surface area (Å²) in [5.74, 6) is -0.647. The molecule has 0 aliphatic carbocycles. The third-order valence-electron chi connectivity index (χ3n) is 2.08. The van der Waals surface area contributed by atoms with E-state index in [1.54, 1.807) is 18.2 Å². The summed E-state index contributed by atoms with van der Waals surface area (Å²) >= 11 is 6.36. The van der Waals surface area contributed by atoms with Crippen LogP contribution >= 0.6 is 23.4 Å². The van der Waals surface area contributed by atoms with Crippen LogP contribution in [0.1, 0.15) is 0 Å². The second-order valence-corrected chi connectivity index (χ2v) is 4.74. The van der Waals surface area contributed by atoms with Gasteiger partial charge in [0.1, 0.15) is 0 Å². The monoisotopic (exact) mass is 274 g/mol. The molecule has 0 fully saturated rings. The first-order valence-corrected chi connectivity index (χ1v) is 6.14. The van der Waals surface area contributed by atoms with Crippen molar-refractivity contribution in [1.29, 1.82) is 0 Å². The standard InChI is InChI=1S/C10H8ClFN2O2S/c11-9(12)10(16)13-5-1-2-6-7(3-5)17-4-8(15)14-6/h1-3,9H,4H2,(H,13,16)(H,14,15). The Morgan fingerprint density at radius 1 is 1.59 bits per heavy atom. The number of nitrogens with one attached hydrogen (secondary N) is 2. The zero-order chi connectivity index (χ0) is 12.4. The molecule has 17 heavy (non-hydrogen) atoms. The van der Waals surface area contributed by atoms with E-state index in [4.69, 9.17) is 11.6 Å². The highest BCUT2D eigenvalue weighted by molar-refractivity contribution is 8.00. The number of rotatable bonds is 2. The van der Waals surface area contributed by atoms with E-state index < -0.39 is 11.5 Å². The van der Waals surface area contributed by atoms with Gasteiger partial charge in [0.25, 0.3) is 11.5 Å². The third kappa shape index (κ3) is 2.89.